The maximum absolute atomic E-state index is 3.63. The lowest BCUT2D eigenvalue weighted by atomic mass is 9.90. The normalized spacial score (nSPS) is 25.7. The van der Waals surface area contributed by atoms with Gasteiger partial charge in [-0.3, -0.25) is 0 Å². The Labute approximate surface area is 99.3 Å². The number of benzene rings is 1. The lowest BCUT2D eigenvalue weighted by Gasteiger charge is -2.28. The molecule has 0 bridgehead atoms. The van der Waals surface area contributed by atoms with E-state index in [0.29, 0.717) is 6.04 Å². The van der Waals surface area contributed by atoms with Crippen molar-refractivity contribution in [1.29, 1.82) is 0 Å². The molecular weight excluding hydrogens is 194 g/mol. The van der Waals surface area contributed by atoms with Crippen molar-refractivity contribution in [3.8, 4) is 0 Å². The van der Waals surface area contributed by atoms with Gasteiger partial charge in [0, 0.05) is 6.04 Å². The highest BCUT2D eigenvalue weighted by molar-refractivity contribution is 5.30. The summed E-state index contributed by atoms with van der Waals surface area (Å²) >= 11 is 0. The van der Waals surface area contributed by atoms with Crippen LogP contribution in [-0.4, -0.2) is 12.6 Å². The van der Waals surface area contributed by atoms with Crippen LogP contribution in [0.1, 0.15) is 36.5 Å². The van der Waals surface area contributed by atoms with E-state index in [0.717, 1.165) is 5.92 Å². The van der Waals surface area contributed by atoms with Crippen molar-refractivity contribution in [3.63, 3.8) is 0 Å². The third-order valence-corrected chi connectivity index (χ3v) is 3.81. The smallest absolute Gasteiger partial charge is 0.0110 e. The van der Waals surface area contributed by atoms with Gasteiger partial charge in [0.1, 0.15) is 0 Å². The maximum Gasteiger partial charge on any atom is 0.0110 e. The summed E-state index contributed by atoms with van der Waals surface area (Å²) in [7, 11) is 0. The van der Waals surface area contributed by atoms with E-state index < -0.39 is 0 Å². The molecule has 0 amide bonds. The molecule has 1 aromatic carbocycles. The first-order valence-corrected chi connectivity index (χ1v) is 6.44. The van der Waals surface area contributed by atoms with Crippen LogP contribution in [0.5, 0.6) is 0 Å². The van der Waals surface area contributed by atoms with Gasteiger partial charge in [-0.05, 0) is 62.3 Å². The molecule has 1 aliphatic heterocycles. The molecule has 1 aliphatic rings. The third-order valence-electron chi connectivity index (χ3n) is 3.81. The van der Waals surface area contributed by atoms with Gasteiger partial charge in [-0.2, -0.15) is 0 Å². The molecule has 0 aliphatic carbocycles. The van der Waals surface area contributed by atoms with Crippen molar-refractivity contribution >= 4 is 0 Å². The monoisotopic (exact) mass is 217 g/mol. The fourth-order valence-electron chi connectivity index (χ4n) is 2.59. The Kier molecular flexibility index (Phi) is 3.65. The van der Waals surface area contributed by atoms with Gasteiger partial charge in [0.15, 0.2) is 0 Å². The summed E-state index contributed by atoms with van der Waals surface area (Å²) < 4.78 is 0. The first-order valence-electron chi connectivity index (χ1n) is 6.44. The number of aryl methyl sites for hydroxylation is 2. The summed E-state index contributed by atoms with van der Waals surface area (Å²) in [5, 5.41) is 3.63. The first kappa shape index (κ1) is 11.7. The highest BCUT2D eigenvalue weighted by Crippen LogP contribution is 2.19. The van der Waals surface area contributed by atoms with Gasteiger partial charge in [0.05, 0.1) is 0 Å². The molecule has 2 atom stereocenters. The zero-order valence-corrected chi connectivity index (χ0v) is 10.7. The molecule has 1 nitrogen and oxygen atoms in total. The Bertz CT molecular complexity index is 356. The quantitative estimate of drug-likeness (QED) is 0.802. The summed E-state index contributed by atoms with van der Waals surface area (Å²) in [4.78, 5) is 0. The molecular formula is C15H23N. The number of rotatable bonds is 2. The minimum Gasteiger partial charge on any atom is -0.314 e. The molecule has 88 valence electrons. The molecule has 1 heterocycles. The molecule has 1 fully saturated rings. The van der Waals surface area contributed by atoms with E-state index in [1.807, 2.05) is 0 Å². The first-order chi connectivity index (χ1) is 7.65. The van der Waals surface area contributed by atoms with Crippen LogP contribution in [0.2, 0.25) is 0 Å². The van der Waals surface area contributed by atoms with Crippen LogP contribution in [0.4, 0.5) is 0 Å². The van der Waals surface area contributed by atoms with E-state index in [-0.39, 0.29) is 0 Å². The zero-order chi connectivity index (χ0) is 11.5. The van der Waals surface area contributed by atoms with Gasteiger partial charge in [0.2, 0.25) is 0 Å². The van der Waals surface area contributed by atoms with Gasteiger partial charge in [-0.25, -0.2) is 0 Å². The lowest BCUT2D eigenvalue weighted by molar-refractivity contribution is 0.318. The highest BCUT2D eigenvalue weighted by atomic mass is 14.9. The lowest BCUT2D eigenvalue weighted by Crippen LogP contribution is -2.38. The number of hydrogen-bond donors (Lipinski definition) is 1. The van der Waals surface area contributed by atoms with Crippen molar-refractivity contribution in [2.75, 3.05) is 6.54 Å². The summed E-state index contributed by atoms with van der Waals surface area (Å²) in [6.45, 7) is 7.95. The molecule has 0 saturated carbocycles. The average molecular weight is 217 g/mol. The second kappa shape index (κ2) is 5.01. The Morgan fingerprint density at radius 3 is 2.75 bits per heavy atom. The Morgan fingerprint density at radius 1 is 1.25 bits per heavy atom. The Hall–Kier alpha value is -0.820. The van der Waals surface area contributed by atoms with E-state index in [9.17, 15) is 0 Å². The molecule has 2 unspecified atom stereocenters. The summed E-state index contributed by atoms with van der Waals surface area (Å²) in [6.07, 6.45) is 3.85. The van der Waals surface area contributed by atoms with Crippen molar-refractivity contribution in [2.45, 2.75) is 46.1 Å². The van der Waals surface area contributed by atoms with E-state index >= 15 is 0 Å². The van der Waals surface area contributed by atoms with Gasteiger partial charge >= 0.3 is 0 Å². The van der Waals surface area contributed by atoms with Crippen LogP contribution in [0.25, 0.3) is 0 Å². The second-order valence-electron chi connectivity index (χ2n) is 5.40. The van der Waals surface area contributed by atoms with E-state index in [2.05, 4.69) is 44.3 Å². The van der Waals surface area contributed by atoms with Gasteiger partial charge in [0.25, 0.3) is 0 Å². The van der Waals surface area contributed by atoms with Crippen LogP contribution in [0, 0.1) is 19.8 Å². The van der Waals surface area contributed by atoms with E-state index in [1.165, 1.54) is 42.5 Å². The van der Waals surface area contributed by atoms with Crippen LogP contribution >= 0.6 is 0 Å². The number of nitrogens with one attached hydrogen (secondary N) is 1. The van der Waals surface area contributed by atoms with Gasteiger partial charge < -0.3 is 5.32 Å². The largest absolute Gasteiger partial charge is 0.314 e. The van der Waals surface area contributed by atoms with Crippen LogP contribution in [0.3, 0.4) is 0 Å². The molecule has 1 saturated heterocycles. The summed E-state index contributed by atoms with van der Waals surface area (Å²) in [5.41, 5.74) is 4.30. The van der Waals surface area contributed by atoms with Gasteiger partial charge in [-0.1, -0.05) is 25.1 Å². The van der Waals surface area contributed by atoms with Crippen LogP contribution < -0.4 is 5.32 Å². The van der Waals surface area contributed by atoms with Crippen LogP contribution in [-0.2, 0) is 6.42 Å². The summed E-state index contributed by atoms with van der Waals surface area (Å²) in [6, 6.07) is 7.56. The molecule has 0 radical (unpaired) electrons. The fourth-order valence-corrected chi connectivity index (χ4v) is 2.59. The number of piperidine rings is 1. The van der Waals surface area contributed by atoms with Crippen LogP contribution in [0.15, 0.2) is 18.2 Å². The average Bonchev–Trinajstić information content (AvgIpc) is 2.24. The molecule has 2 rings (SSSR count). The standard InChI is InChI=1S/C15H23N/c1-11-6-7-16-15(8-11)10-14-5-4-12(2)13(3)9-14/h4-5,9,11,15-16H,6-8,10H2,1-3H3. The Morgan fingerprint density at radius 2 is 2.06 bits per heavy atom. The van der Waals surface area contributed by atoms with Crippen molar-refractivity contribution in [3.05, 3.63) is 34.9 Å². The Balaban J connectivity index is 2.00. The van der Waals surface area contributed by atoms with Crippen molar-refractivity contribution < 1.29 is 0 Å². The van der Waals surface area contributed by atoms with Gasteiger partial charge in [-0.15, -0.1) is 0 Å². The second-order valence-corrected chi connectivity index (χ2v) is 5.40. The SMILES string of the molecule is Cc1ccc(CC2CC(C)CCN2)cc1C. The maximum atomic E-state index is 3.63. The summed E-state index contributed by atoms with van der Waals surface area (Å²) in [5.74, 6) is 0.887. The minimum absolute atomic E-state index is 0.686. The molecule has 1 heteroatoms. The third kappa shape index (κ3) is 2.85. The molecule has 0 spiro atoms. The zero-order valence-electron chi connectivity index (χ0n) is 10.7. The predicted octanol–water partition coefficient (Wildman–Crippen LogP) is 3.23. The van der Waals surface area contributed by atoms with Crippen molar-refractivity contribution in [1.82, 2.24) is 5.32 Å². The fraction of sp³-hybridized carbons (Fsp3) is 0.600. The molecule has 16 heavy (non-hydrogen) atoms. The molecule has 1 N–H and O–H groups in total. The van der Waals surface area contributed by atoms with Crippen molar-refractivity contribution in [2.24, 2.45) is 5.92 Å². The molecule has 0 aromatic heterocycles. The molecule has 1 aromatic rings. The minimum atomic E-state index is 0.686. The highest BCUT2D eigenvalue weighted by Gasteiger charge is 2.18. The number of hydrogen-bond acceptors (Lipinski definition) is 1. The topological polar surface area (TPSA) is 12.0 Å². The predicted molar refractivity (Wildman–Crippen MR) is 69.8 cm³/mol. The van der Waals surface area contributed by atoms with E-state index in [4.69, 9.17) is 0 Å². The van der Waals surface area contributed by atoms with E-state index in [1.54, 1.807) is 0 Å².